The van der Waals surface area contributed by atoms with Crippen molar-refractivity contribution >= 4 is 11.0 Å². The van der Waals surface area contributed by atoms with Crippen LogP contribution in [0.5, 0.6) is 11.5 Å². The maximum Gasteiger partial charge on any atom is 0.171 e. The van der Waals surface area contributed by atoms with E-state index in [2.05, 4.69) is 20.3 Å². The molecular weight excluding hydrogens is 440 g/mol. The van der Waals surface area contributed by atoms with Gasteiger partial charge in [-0.15, -0.1) is 0 Å². The van der Waals surface area contributed by atoms with Gasteiger partial charge in [0.05, 0.1) is 31.8 Å². The van der Waals surface area contributed by atoms with Crippen LogP contribution in [0, 0.1) is 11.6 Å². The minimum atomic E-state index is -0.750. The summed E-state index contributed by atoms with van der Waals surface area (Å²) in [6, 6.07) is 3.13. The number of piperidine rings is 1. The van der Waals surface area contributed by atoms with Gasteiger partial charge in [0.2, 0.25) is 0 Å². The Hall–Kier alpha value is -3.59. The summed E-state index contributed by atoms with van der Waals surface area (Å²) in [5.74, 6) is -1.27. The molecule has 1 fully saturated rings. The number of aromatic amines is 1. The van der Waals surface area contributed by atoms with Gasteiger partial charge in [-0.05, 0) is 37.6 Å². The molecule has 0 radical (unpaired) electrons. The van der Waals surface area contributed by atoms with Gasteiger partial charge in [0.1, 0.15) is 5.65 Å². The second-order valence-electron chi connectivity index (χ2n) is 8.35. The molecule has 3 aromatic heterocycles. The Balaban J connectivity index is 1.52. The van der Waals surface area contributed by atoms with Gasteiger partial charge < -0.3 is 19.8 Å². The van der Waals surface area contributed by atoms with Gasteiger partial charge in [-0.25, -0.2) is 18.7 Å². The second-order valence-corrected chi connectivity index (χ2v) is 8.35. The predicted octanol–water partition coefficient (Wildman–Crippen LogP) is 4.37. The lowest BCUT2D eigenvalue weighted by atomic mass is 9.95. The van der Waals surface area contributed by atoms with Gasteiger partial charge in [0.25, 0.3) is 0 Å². The van der Waals surface area contributed by atoms with Gasteiger partial charge in [-0.3, -0.25) is 4.98 Å². The van der Waals surface area contributed by atoms with Crippen molar-refractivity contribution < 1.29 is 18.3 Å². The van der Waals surface area contributed by atoms with Crippen LogP contribution in [0.2, 0.25) is 0 Å². The number of aromatic nitrogens is 4. The van der Waals surface area contributed by atoms with Crippen molar-refractivity contribution in [3.8, 4) is 22.8 Å². The molecular formula is C25H25F2N5O2. The molecule has 5 rings (SSSR count). The smallest absolute Gasteiger partial charge is 0.171 e. The number of benzene rings is 1. The average Bonchev–Trinajstić information content (AvgIpc) is 3.29. The molecule has 4 aromatic rings. The van der Waals surface area contributed by atoms with Crippen LogP contribution in [0.1, 0.15) is 35.6 Å². The summed E-state index contributed by atoms with van der Waals surface area (Å²) >= 11 is 0. The molecule has 1 saturated heterocycles. The molecule has 0 amide bonds. The number of rotatable bonds is 6. The van der Waals surface area contributed by atoms with Crippen LogP contribution in [-0.4, -0.2) is 47.2 Å². The Kier molecular flexibility index (Phi) is 6.10. The lowest BCUT2D eigenvalue weighted by Gasteiger charge is -2.22. The van der Waals surface area contributed by atoms with Crippen molar-refractivity contribution in [2.24, 2.45) is 0 Å². The summed E-state index contributed by atoms with van der Waals surface area (Å²) in [6.07, 6.45) is 9.03. The number of halogens is 2. The molecule has 9 heteroatoms. The molecule has 1 aliphatic heterocycles. The van der Waals surface area contributed by atoms with Gasteiger partial charge in [-0.1, -0.05) is 0 Å². The first-order chi connectivity index (χ1) is 16.6. The number of ether oxygens (including phenoxy) is 2. The molecule has 0 saturated carbocycles. The third-order valence-electron chi connectivity index (χ3n) is 6.35. The highest BCUT2D eigenvalue weighted by molar-refractivity contribution is 5.84. The van der Waals surface area contributed by atoms with Crippen molar-refractivity contribution in [3.05, 3.63) is 65.4 Å². The van der Waals surface area contributed by atoms with E-state index in [1.165, 1.54) is 20.3 Å². The van der Waals surface area contributed by atoms with Crippen LogP contribution in [0.25, 0.3) is 22.3 Å². The van der Waals surface area contributed by atoms with E-state index < -0.39 is 11.6 Å². The fourth-order valence-electron chi connectivity index (χ4n) is 4.46. The third-order valence-corrected chi connectivity index (χ3v) is 6.35. The minimum absolute atomic E-state index is 0.00283. The van der Waals surface area contributed by atoms with Crippen LogP contribution < -0.4 is 14.8 Å². The molecule has 0 atom stereocenters. The summed E-state index contributed by atoms with van der Waals surface area (Å²) in [7, 11) is 2.67. The van der Waals surface area contributed by atoms with E-state index in [9.17, 15) is 8.78 Å². The van der Waals surface area contributed by atoms with Crippen LogP contribution in [0.4, 0.5) is 8.78 Å². The molecule has 0 bridgehead atoms. The van der Waals surface area contributed by atoms with E-state index in [0.29, 0.717) is 17.1 Å². The molecule has 0 unspecified atom stereocenters. The van der Waals surface area contributed by atoms with Crippen LogP contribution in [-0.2, 0) is 6.42 Å². The first-order valence-electron chi connectivity index (χ1n) is 11.2. The van der Waals surface area contributed by atoms with E-state index in [1.807, 2.05) is 12.3 Å². The molecule has 1 aromatic carbocycles. The minimum Gasteiger partial charge on any atom is -0.494 e. The maximum atomic E-state index is 14.9. The van der Waals surface area contributed by atoms with Crippen molar-refractivity contribution in [1.82, 2.24) is 25.3 Å². The van der Waals surface area contributed by atoms with Gasteiger partial charge in [-0.2, -0.15) is 0 Å². The summed E-state index contributed by atoms with van der Waals surface area (Å²) < 4.78 is 40.0. The molecule has 0 spiro atoms. The number of pyridine rings is 1. The summed E-state index contributed by atoms with van der Waals surface area (Å²) in [5.41, 5.74) is 3.67. The number of hydrogen-bond acceptors (Lipinski definition) is 6. The van der Waals surface area contributed by atoms with Crippen LogP contribution in [0.3, 0.4) is 0 Å². The number of fused-ring (bicyclic) bond motifs is 1. The number of nitrogens with zero attached hydrogens (tertiary/aromatic N) is 3. The predicted molar refractivity (Wildman–Crippen MR) is 124 cm³/mol. The highest BCUT2D eigenvalue weighted by Gasteiger charge is 2.22. The van der Waals surface area contributed by atoms with E-state index >= 15 is 0 Å². The molecule has 4 heterocycles. The maximum absolute atomic E-state index is 14.9. The largest absolute Gasteiger partial charge is 0.494 e. The number of hydrogen-bond donors (Lipinski definition) is 2. The lowest BCUT2D eigenvalue weighted by molar-refractivity contribution is 0.354. The number of nitrogens with one attached hydrogen (secondary N) is 2. The molecule has 2 N–H and O–H groups in total. The zero-order chi connectivity index (χ0) is 23.7. The topological polar surface area (TPSA) is 85.0 Å². The summed E-state index contributed by atoms with van der Waals surface area (Å²) in [5, 5.41) is 4.12. The molecule has 1 aliphatic rings. The Labute approximate surface area is 195 Å². The van der Waals surface area contributed by atoms with Crippen molar-refractivity contribution in [2.75, 3.05) is 27.3 Å². The fraction of sp³-hybridized carbons (Fsp3) is 0.320. The second kappa shape index (κ2) is 9.34. The Morgan fingerprint density at radius 1 is 1.00 bits per heavy atom. The van der Waals surface area contributed by atoms with E-state index in [1.54, 1.807) is 18.6 Å². The van der Waals surface area contributed by atoms with E-state index in [0.717, 1.165) is 48.3 Å². The highest BCUT2D eigenvalue weighted by atomic mass is 19.1. The number of methoxy groups -OCH3 is 2. The molecule has 176 valence electrons. The van der Waals surface area contributed by atoms with Gasteiger partial charge >= 0.3 is 0 Å². The number of H-pyrrole nitrogens is 1. The first kappa shape index (κ1) is 22.2. The molecule has 0 aliphatic carbocycles. The Bertz CT molecular complexity index is 1310. The summed E-state index contributed by atoms with van der Waals surface area (Å²) in [6.45, 7) is 1.94. The zero-order valence-corrected chi connectivity index (χ0v) is 19.0. The standard InChI is InChI=1S/C25H25F2N5O2/c1-33-21-9-22(34-2)24(27)18(23(21)26)7-15-10-30-25-17(15)8-16(11-31-25)20-13-29-12-19(32-20)14-3-5-28-6-4-14/h8-14,28H,3-7H2,1-2H3,(H,30,31). The van der Waals surface area contributed by atoms with Crippen molar-refractivity contribution in [1.29, 1.82) is 0 Å². The Morgan fingerprint density at radius 2 is 1.74 bits per heavy atom. The van der Waals surface area contributed by atoms with E-state index in [4.69, 9.17) is 14.5 Å². The van der Waals surface area contributed by atoms with E-state index in [-0.39, 0.29) is 23.5 Å². The normalized spacial score (nSPS) is 14.5. The highest BCUT2D eigenvalue weighted by Crippen LogP contribution is 2.34. The SMILES string of the molecule is COc1cc(OC)c(F)c(Cc2c[nH]c3ncc(-c4cncc(C5CCNCC5)n4)cc23)c1F. The average molecular weight is 466 g/mol. The monoisotopic (exact) mass is 465 g/mol. The van der Waals surface area contributed by atoms with Crippen LogP contribution >= 0.6 is 0 Å². The quantitative estimate of drug-likeness (QED) is 0.440. The van der Waals surface area contributed by atoms with Gasteiger partial charge in [0, 0.05) is 53.5 Å². The lowest BCUT2D eigenvalue weighted by Crippen LogP contribution is -2.27. The van der Waals surface area contributed by atoms with Crippen molar-refractivity contribution in [3.63, 3.8) is 0 Å². The molecule has 7 nitrogen and oxygen atoms in total. The summed E-state index contributed by atoms with van der Waals surface area (Å²) in [4.78, 5) is 16.9. The molecule has 34 heavy (non-hydrogen) atoms. The first-order valence-corrected chi connectivity index (χ1v) is 11.2. The zero-order valence-electron chi connectivity index (χ0n) is 19.0. The third kappa shape index (κ3) is 4.07. The van der Waals surface area contributed by atoms with Gasteiger partial charge in [0.15, 0.2) is 23.1 Å². The van der Waals surface area contributed by atoms with Crippen molar-refractivity contribution in [2.45, 2.75) is 25.2 Å². The fourth-order valence-corrected chi connectivity index (χ4v) is 4.46. The Morgan fingerprint density at radius 3 is 2.44 bits per heavy atom. The van der Waals surface area contributed by atoms with Crippen LogP contribution in [0.15, 0.2) is 36.9 Å².